The van der Waals surface area contributed by atoms with Crippen LogP contribution in [0, 0.1) is 13.8 Å². The summed E-state index contributed by atoms with van der Waals surface area (Å²) in [5.41, 5.74) is 36.4. The van der Waals surface area contributed by atoms with E-state index in [9.17, 15) is 0 Å². The molecule has 0 saturated heterocycles. The molecule has 0 radical (unpaired) electrons. The molecule has 0 atom stereocenters. The van der Waals surface area contributed by atoms with E-state index < -0.39 is 0 Å². The van der Waals surface area contributed by atoms with Gasteiger partial charge in [0.25, 0.3) is 0 Å². The van der Waals surface area contributed by atoms with Gasteiger partial charge in [0.05, 0.1) is 22.1 Å². The van der Waals surface area contributed by atoms with E-state index in [1.54, 1.807) is 0 Å². The van der Waals surface area contributed by atoms with Gasteiger partial charge in [-0.1, -0.05) is 284 Å². The first-order valence-electron chi connectivity index (χ1n) is 39.2. The molecule has 1 aliphatic carbocycles. The van der Waals surface area contributed by atoms with E-state index in [1.807, 2.05) is 12.2 Å². The highest BCUT2D eigenvalue weighted by atomic mass is 15.2. The molecule has 4 heteroatoms. The summed E-state index contributed by atoms with van der Waals surface area (Å²) in [7, 11) is 0. The zero-order valence-electron chi connectivity index (χ0n) is 65.1. The highest BCUT2D eigenvalue weighted by molar-refractivity contribution is 6.15. The van der Waals surface area contributed by atoms with E-state index in [2.05, 4.69) is 439 Å². The van der Waals surface area contributed by atoms with E-state index in [-0.39, 0.29) is 10.8 Å². The van der Waals surface area contributed by atoms with Crippen molar-refractivity contribution >= 4 is 89.9 Å². The fourth-order valence-electron chi connectivity index (χ4n) is 17.7. The summed E-state index contributed by atoms with van der Waals surface area (Å²) in [6, 6.07) is 125. The Morgan fingerprint density at radius 3 is 1.28 bits per heavy atom. The molecule has 0 bridgehead atoms. The van der Waals surface area contributed by atoms with Gasteiger partial charge in [0.1, 0.15) is 0 Å². The van der Waals surface area contributed by atoms with Crippen molar-refractivity contribution in [3.63, 3.8) is 0 Å². The smallest absolute Gasteiger partial charge is 0.0541 e. The molecule has 2 heterocycles. The molecule has 113 heavy (non-hydrogen) atoms. The molecule has 544 valence electrons. The Morgan fingerprint density at radius 2 is 0.761 bits per heavy atom. The van der Waals surface area contributed by atoms with Crippen LogP contribution in [0.5, 0.6) is 0 Å². The molecule has 0 amide bonds. The number of allylic oxidation sites excluding steroid dienone is 4. The van der Waals surface area contributed by atoms with E-state index in [1.165, 1.54) is 72.0 Å². The third kappa shape index (κ3) is 12.7. The molecule has 0 N–H and O–H groups in total. The average molecular weight is 1450 g/mol. The molecule has 0 unspecified atom stereocenters. The maximum Gasteiger partial charge on any atom is 0.0541 e. The fourth-order valence-corrected chi connectivity index (χ4v) is 17.7. The second kappa shape index (κ2) is 28.9. The second-order valence-electron chi connectivity index (χ2n) is 31.1. The van der Waals surface area contributed by atoms with Gasteiger partial charge in [0, 0.05) is 77.9 Å². The van der Waals surface area contributed by atoms with Crippen LogP contribution in [0.4, 0.5) is 28.4 Å². The first kappa shape index (κ1) is 70.8. The van der Waals surface area contributed by atoms with Crippen LogP contribution in [0.15, 0.2) is 383 Å². The standard InChI is InChI=1S/C109H88N4/c1-11-75-34-38-79(39-35-75)81-42-52-88(53-43-81)111(93-60-61-95-94-29-21-23-31-101(94)109(9,10)103(95)71-93)87(13-3)51-33-74(6)110-104-62-46-83(77-25-16-14-17-26-77)66-96(104)97-68-85(48-63-105(97)110)86-49-65-107-99(69-86)98-67-84(78-27-18-15-19-28-78)47-64-106(98)113(107)91-58-56-90(57-59-91)112(89-54-44-82(45-55-89)80-40-36-76(12-2)37-41-80)92-50-32-73(5)102(70-92)108(7,8)100-30-22-20-24-72(100)4/h11-71H,1-2,6H2,3-5,7-10H3/b51-33-,87-13+. The van der Waals surface area contributed by atoms with E-state index in [4.69, 9.17) is 6.58 Å². The van der Waals surface area contributed by atoms with Gasteiger partial charge in [0.15, 0.2) is 0 Å². The number of rotatable bonds is 19. The Hall–Kier alpha value is -13.8. The largest absolute Gasteiger partial charge is 0.311 e. The second-order valence-corrected chi connectivity index (χ2v) is 31.1. The van der Waals surface area contributed by atoms with Crippen molar-refractivity contribution in [2.45, 2.75) is 59.3 Å². The maximum absolute atomic E-state index is 4.94. The minimum atomic E-state index is -0.262. The van der Waals surface area contributed by atoms with Crippen LogP contribution in [-0.2, 0) is 10.8 Å². The number of fused-ring (bicyclic) bond motifs is 9. The van der Waals surface area contributed by atoms with Crippen molar-refractivity contribution in [1.82, 2.24) is 9.13 Å². The predicted octanol–water partition coefficient (Wildman–Crippen LogP) is 30.0. The lowest BCUT2D eigenvalue weighted by Crippen LogP contribution is -2.22. The highest BCUT2D eigenvalue weighted by Gasteiger charge is 2.36. The van der Waals surface area contributed by atoms with Gasteiger partial charge in [-0.2, -0.15) is 0 Å². The molecule has 15 aromatic carbocycles. The normalized spacial score (nSPS) is 12.6. The molecule has 2 aromatic heterocycles. The zero-order valence-corrected chi connectivity index (χ0v) is 65.1. The van der Waals surface area contributed by atoms with Crippen molar-refractivity contribution in [2.75, 3.05) is 9.80 Å². The predicted molar refractivity (Wildman–Crippen MR) is 485 cm³/mol. The van der Waals surface area contributed by atoms with E-state index in [0.717, 1.165) is 128 Å². The van der Waals surface area contributed by atoms with Gasteiger partial charge >= 0.3 is 0 Å². The minimum Gasteiger partial charge on any atom is -0.311 e. The van der Waals surface area contributed by atoms with Crippen molar-refractivity contribution in [2.24, 2.45) is 0 Å². The molecule has 0 saturated carbocycles. The molecule has 17 aromatic rings. The van der Waals surface area contributed by atoms with Gasteiger partial charge in [-0.05, 0) is 266 Å². The summed E-state index contributed by atoms with van der Waals surface area (Å²) in [5.74, 6) is 0. The molecule has 18 rings (SSSR count). The van der Waals surface area contributed by atoms with E-state index >= 15 is 0 Å². The lowest BCUT2D eigenvalue weighted by atomic mass is 9.74. The number of aryl methyl sites for hydroxylation is 2. The Morgan fingerprint density at radius 1 is 0.354 bits per heavy atom. The van der Waals surface area contributed by atoms with Crippen LogP contribution in [0.1, 0.15) is 79.1 Å². The lowest BCUT2D eigenvalue weighted by molar-refractivity contribution is 0.631. The third-order valence-corrected chi connectivity index (χ3v) is 23.7. The number of hydrogen-bond donors (Lipinski definition) is 0. The fraction of sp³-hybridized carbons (Fsp3) is 0.0826. The van der Waals surface area contributed by atoms with Crippen molar-refractivity contribution in [3.05, 3.63) is 428 Å². The number of hydrogen-bond acceptors (Lipinski definition) is 2. The molecule has 0 fully saturated rings. The van der Waals surface area contributed by atoms with Crippen LogP contribution in [0.25, 0.3) is 134 Å². The quantitative estimate of drug-likeness (QED) is 0.0750. The molecule has 0 spiro atoms. The Bertz CT molecular complexity index is 6640. The Labute approximate surface area is 664 Å². The van der Waals surface area contributed by atoms with Crippen LogP contribution < -0.4 is 9.80 Å². The van der Waals surface area contributed by atoms with Gasteiger partial charge in [-0.3, -0.25) is 0 Å². The minimum absolute atomic E-state index is 0.184. The Balaban J connectivity index is 0.734. The first-order chi connectivity index (χ1) is 55.1. The molecule has 4 nitrogen and oxygen atoms in total. The summed E-state index contributed by atoms with van der Waals surface area (Å²) in [5, 5.41) is 4.65. The number of nitrogens with zero attached hydrogens (tertiary/aromatic N) is 4. The summed E-state index contributed by atoms with van der Waals surface area (Å²) >= 11 is 0. The molecular weight excluding hydrogens is 1370 g/mol. The van der Waals surface area contributed by atoms with Crippen molar-refractivity contribution in [1.29, 1.82) is 0 Å². The number of anilines is 5. The van der Waals surface area contributed by atoms with Gasteiger partial charge in [-0.25, -0.2) is 0 Å². The monoisotopic (exact) mass is 1450 g/mol. The third-order valence-electron chi connectivity index (χ3n) is 23.7. The lowest BCUT2D eigenvalue weighted by Gasteiger charge is -2.32. The SMILES string of the molecule is C=Cc1ccc(-c2ccc(N(C(/C=C\C(=C)n3c4ccc(-c5ccccc5)cc4c4cc(-c5ccc6c(c5)c5cc(-c7ccccc7)ccc5n6-c5ccc(N(c6ccc(-c7ccc(C=C)cc7)cc6)c6ccc(C)c(C(C)(C)c7ccccc7C)c6)cc5)ccc43)=C/C)c3ccc4c(c3)C(C)(C)c3ccccc3-4)cc2)cc1. The zero-order chi connectivity index (χ0) is 77.2. The van der Waals surface area contributed by atoms with Crippen LogP contribution in [-0.4, -0.2) is 9.13 Å². The van der Waals surface area contributed by atoms with Crippen molar-refractivity contribution < 1.29 is 0 Å². The first-order valence-corrected chi connectivity index (χ1v) is 39.2. The maximum atomic E-state index is 4.94. The summed E-state index contributed by atoms with van der Waals surface area (Å²) in [6.07, 6.45) is 10.4. The van der Waals surface area contributed by atoms with E-state index in [0.29, 0.717) is 0 Å². The number of benzene rings is 15. The van der Waals surface area contributed by atoms with Crippen molar-refractivity contribution in [3.8, 4) is 72.4 Å². The summed E-state index contributed by atoms with van der Waals surface area (Å²) < 4.78 is 4.79. The highest BCUT2D eigenvalue weighted by Crippen LogP contribution is 2.51. The molecule has 1 aliphatic rings. The average Bonchev–Trinajstić information content (AvgIpc) is 1.58. The van der Waals surface area contributed by atoms with Crippen LogP contribution in [0.2, 0.25) is 0 Å². The van der Waals surface area contributed by atoms with Crippen LogP contribution >= 0.6 is 0 Å². The molecular formula is C109H88N4. The number of aromatic nitrogens is 2. The van der Waals surface area contributed by atoms with Gasteiger partial charge in [-0.15, -0.1) is 0 Å². The van der Waals surface area contributed by atoms with Gasteiger partial charge < -0.3 is 18.9 Å². The Kier molecular flexibility index (Phi) is 18.1. The van der Waals surface area contributed by atoms with Gasteiger partial charge in [0.2, 0.25) is 0 Å². The molecule has 0 aliphatic heterocycles. The topological polar surface area (TPSA) is 16.3 Å². The summed E-state index contributed by atoms with van der Waals surface area (Å²) in [4.78, 5) is 4.80. The van der Waals surface area contributed by atoms with Crippen LogP contribution in [0.3, 0.4) is 0 Å². The summed E-state index contributed by atoms with van der Waals surface area (Å²) in [6.45, 7) is 29.0.